The van der Waals surface area contributed by atoms with Crippen LogP contribution in [0, 0.1) is 0 Å². The van der Waals surface area contributed by atoms with Gasteiger partial charge in [0.05, 0.1) is 0 Å². The van der Waals surface area contributed by atoms with Crippen LogP contribution >= 0.6 is 24.8 Å². The Hall–Kier alpha value is -1.18. The van der Waals surface area contributed by atoms with Gasteiger partial charge in [0.25, 0.3) is 0 Å². The van der Waals surface area contributed by atoms with Gasteiger partial charge in [-0.15, -0.1) is 24.8 Å². The van der Waals surface area contributed by atoms with Crippen molar-refractivity contribution in [3.63, 3.8) is 0 Å². The van der Waals surface area contributed by atoms with Crippen LogP contribution in [0.1, 0.15) is 29.5 Å². The average Bonchev–Trinajstić information content (AvgIpc) is 3.34. The summed E-state index contributed by atoms with van der Waals surface area (Å²) in [4.78, 5) is 0. The van der Waals surface area contributed by atoms with E-state index in [1.54, 1.807) is 3.27 Å². The van der Waals surface area contributed by atoms with Crippen LogP contribution in [0.15, 0.2) is 91.0 Å². The first-order valence-corrected chi connectivity index (χ1v) is 22.2. The molecule has 2 aliphatic carbocycles. The molecule has 148 valence electrons. The number of rotatable bonds is 3. The van der Waals surface area contributed by atoms with Gasteiger partial charge in [-0.25, -0.2) is 0 Å². The Morgan fingerprint density at radius 3 is 1.52 bits per heavy atom. The molecule has 0 nitrogen and oxygen atoms in total. The summed E-state index contributed by atoms with van der Waals surface area (Å²) in [5.74, 6) is 0. The van der Waals surface area contributed by atoms with Gasteiger partial charge in [0.15, 0.2) is 0 Å². The summed E-state index contributed by atoms with van der Waals surface area (Å²) in [7, 11) is 0. The first-order valence-electron chi connectivity index (χ1n) is 9.73. The molecule has 0 fully saturated rings. The van der Waals surface area contributed by atoms with Gasteiger partial charge in [0.2, 0.25) is 0 Å². The molecule has 0 aliphatic heterocycles. The van der Waals surface area contributed by atoms with Gasteiger partial charge in [0.1, 0.15) is 0 Å². The van der Waals surface area contributed by atoms with Crippen molar-refractivity contribution in [1.82, 2.24) is 0 Å². The molecule has 29 heavy (non-hydrogen) atoms. The second-order valence-corrected chi connectivity index (χ2v) is 35.0. The third-order valence-corrected chi connectivity index (χ3v) is 30.4. The minimum atomic E-state index is -3.58. The summed E-state index contributed by atoms with van der Waals surface area (Å²) in [6.45, 7) is 2.39. The van der Waals surface area contributed by atoms with E-state index in [9.17, 15) is 0 Å². The van der Waals surface area contributed by atoms with E-state index in [4.69, 9.17) is 0 Å². The zero-order valence-electron chi connectivity index (χ0n) is 16.5. The molecule has 0 saturated carbocycles. The first kappa shape index (κ1) is 22.5. The van der Waals surface area contributed by atoms with E-state index in [0.29, 0.717) is 7.25 Å². The summed E-state index contributed by atoms with van der Waals surface area (Å²) < 4.78 is 5.35. The topological polar surface area (TPSA) is 0 Å². The molecule has 5 rings (SSSR count). The average molecular weight is 517 g/mol. The third-order valence-electron chi connectivity index (χ3n) is 6.93. The number of allylic oxidation sites excluding steroid dienone is 2. The summed E-state index contributed by atoms with van der Waals surface area (Å²) in [6.07, 6.45) is 9.76. The van der Waals surface area contributed by atoms with Crippen molar-refractivity contribution >= 4 is 47.1 Å². The third kappa shape index (κ3) is 3.29. The van der Waals surface area contributed by atoms with Crippen molar-refractivity contribution in [2.24, 2.45) is 0 Å². The normalized spacial score (nSPS) is 19.1. The fourth-order valence-electron chi connectivity index (χ4n) is 5.37. The Balaban J connectivity index is 0.00000120. The minimum absolute atomic E-state index is 0. The van der Waals surface area contributed by atoms with Gasteiger partial charge in [-0.3, -0.25) is 0 Å². The molecule has 3 aromatic carbocycles. The van der Waals surface area contributed by atoms with Crippen LogP contribution in [0.25, 0.3) is 12.2 Å². The number of benzene rings is 3. The van der Waals surface area contributed by atoms with Crippen LogP contribution in [0.5, 0.6) is 0 Å². The van der Waals surface area contributed by atoms with E-state index in [1.165, 1.54) is 22.3 Å². The molecule has 0 spiro atoms. The number of fused-ring (bicyclic) bond motifs is 2. The second-order valence-electron chi connectivity index (χ2n) is 8.52. The zero-order chi connectivity index (χ0) is 18.5. The molecule has 0 saturated heterocycles. The molecule has 2 aliphatic rings. The summed E-state index contributed by atoms with van der Waals surface area (Å²) in [6, 6.07) is 29.4. The molecule has 0 radical (unpaired) electrons. The summed E-state index contributed by atoms with van der Waals surface area (Å²) in [5.41, 5.74) is 5.87. The SMILES string of the molecule is Cl.Cl.[CH3][Zr](=[SiH2])([c]1ccccc1)([CH]1C=Cc2ccccc21)[CH]1C=Cc2ccccc21. The fourth-order valence-corrected chi connectivity index (χ4v) is 25.2. The van der Waals surface area contributed by atoms with Gasteiger partial charge < -0.3 is 0 Å². The van der Waals surface area contributed by atoms with Crippen molar-refractivity contribution in [2.45, 2.75) is 11.9 Å². The summed E-state index contributed by atoms with van der Waals surface area (Å²) in [5, 5.41) is 0. The van der Waals surface area contributed by atoms with Crippen molar-refractivity contribution in [3.05, 3.63) is 113 Å². The Morgan fingerprint density at radius 1 is 0.621 bits per heavy atom. The van der Waals surface area contributed by atoms with Crippen molar-refractivity contribution in [3.8, 4) is 0 Å². The van der Waals surface area contributed by atoms with E-state index in [-0.39, 0.29) is 24.8 Å². The first-order chi connectivity index (χ1) is 13.1. The van der Waals surface area contributed by atoms with E-state index in [1.807, 2.05) is 0 Å². The van der Waals surface area contributed by atoms with Gasteiger partial charge in [-0.2, -0.15) is 0 Å². The molecular formula is C25H26Cl2SiZr. The van der Waals surface area contributed by atoms with E-state index >= 15 is 0 Å². The van der Waals surface area contributed by atoms with Gasteiger partial charge in [-0.1, -0.05) is 0 Å². The van der Waals surface area contributed by atoms with E-state index in [2.05, 4.69) is 115 Å². The second kappa shape index (κ2) is 8.16. The van der Waals surface area contributed by atoms with E-state index < -0.39 is 17.4 Å². The van der Waals surface area contributed by atoms with Crippen LogP contribution in [0.3, 0.4) is 0 Å². The molecule has 0 N–H and O–H groups in total. The van der Waals surface area contributed by atoms with Gasteiger partial charge in [-0.05, 0) is 0 Å². The van der Waals surface area contributed by atoms with Crippen LogP contribution in [-0.2, 0) is 17.4 Å². The standard InChI is InChI=1S/2C9H7.C6H5.CH3.2ClH.H2Si.Zr/c2*1-2-5-9-7-3-6-8(9)4-1;1-2-4-6-5-3-1;;;;;/h2*1-7H;1-5H;1H3;2*1H;1H2;. The predicted molar refractivity (Wildman–Crippen MR) is 131 cm³/mol. The maximum absolute atomic E-state index is 3.58. The number of hydrogen-bond donors (Lipinski definition) is 0. The number of halogens is 2. The fraction of sp³-hybridized carbons (Fsp3) is 0.120. The zero-order valence-corrected chi connectivity index (χ0v) is 22.0. The molecule has 2 atom stereocenters. The molecule has 0 bridgehead atoms. The van der Waals surface area contributed by atoms with Crippen LogP contribution in [-0.4, -0.2) is 6.88 Å². The quantitative estimate of drug-likeness (QED) is 0.376. The van der Waals surface area contributed by atoms with Crippen molar-refractivity contribution < 1.29 is 17.4 Å². The molecule has 2 unspecified atom stereocenters. The molecular weight excluding hydrogens is 490 g/mol. The Kier molecular flexibility index (Phi) is 6.33. The predicted octanol–water partition coefficient (Wildman–Crippen LogP) is 5.98. The van der Waals surface area contributed by atoms with Crippen LogP contribution in [0.4, 0.5) is 0 Å². The Labute approximate surface area is 188 Å². The monoisotopic (exact) mass is 514 g/mol. The molecule has 3 aromatic rings. The molecule has 0 heterocycles. The van der Waals surface area contributed by atoms with Crippen LogP contribution < -0.4 is 3.27 Å². The Morgan fingerprint density at radius 2 is 1.03 bits per heavy atom. The molecule has 0 aromatic heterocycles. The van der Waals surface area contributed by atoms with Crippen molar-refractivity contribution in [1.29, 1.82) is 0 Å². The molecule has 0 amide bonds. The molecule has 4 heteroatoms. The van der Waals surface area contributed by atoms with Gasteiger partial charge >= 0.3 is 165 Å². The number of hydrogen-bond acceptors (Lipinski definition) is 0. The maximum atomic E-state index is 2.68. The summed E-state index contributed by atoms with van der Waals surface area (Å²) >= 11 is -3.58. The van der Waals surface area contributed by atoms with Crippen LogP contribution in [0.2, 0.25) is 4.63 Å². The Bertz CT molecular complexity index is 1100. The van der Waals surface area contributed by atoms with Crippen molar-refractivity contribution in [2.75, 3.05) is 0 Å². The van der Waals surface area contributed by atoms with Gasteiger partial charge in [0, 0.05) is 0 Å². The van der Waals surface area contributed by atoms with E-state index in [0.717, 1.165) is 0 Å².